The van der Waals surface area contributed by atoms with Crippen LogP contribution in [0.25, 0.3) is 0 Å². The molecule has 0 bridgehead atoms. The van der Waals surface area contributed by atoms with Gasteiger partial charge in [0.1, 0.15) is 0 Å². The topological polar surface area (TPSA) is 104 Å². The van der Waals surface area contributed by atoms with Gasteiger partial charge in [0, 0.05) is 21.8 Å². The fraction of sp³-hybridized carbons (Fsp3) is 0.0476. The second-order valence-corrected chi connectivity index (χ2v) is 9.20. The normalized spacial score (nSPS) is 13.1. The summed E-state index contributed by atoms with van der Waals surface area (Å²) in [5.41, 5.74) is 1.92. The molecular formula is C21H17N3O4S2. The Morgan fingerprint density at radius 1 is 0.933 bits per heavy atom. The Kier molecular flexibility index (Phi) is 5.47. The maximum absolute atomic E-state index is 12.5. The summed E-state index contributed by atoms with van der Waals surface area (Å²) >= 11 is 1.42. The lowest BCUT2D eigenvalue weighted by Gasteiger charge is -2.17. The lowest BCUT2D eigenvalue weighted by atomic mass is 10.1. The number of nitrogens with one attached hydrogen (secondary N) is 3. The van der Waals surface area contributed by atoms with Crippen LogP contribution in [-0.4, -0.2) is 26.0 Å². The van der Waals surface area contributed by atoms with Crippen LogP contribution < -0.4 is 15.4 Å². The van der Waals surface area contributed by atoms with E-state index in [1.807, 2.05) is 0 Å². The molecule has 1 heterocycles. The van der Waals surface area contributed by atoms with Gasteiger partial charge in [-0.25, -0.2) is 8.42 Å². The molecule has 0 radical (unpaired) electrons. The summed E-state index contributed by atoms with van der Waals surface area (Å²) in [6, 6.07) is 19.6. The van der Waals surface area contributed by atoms with Crippen molar-refractivity contribution in [1.82, 2.24) is 0 Å². The first-order valence-corrected chi connectivity index (χ1v) is 11.4. The van der Waals surface area contributed by atoms with E-state index in [1.54, 1.807) is 48.5 Å². The fourth-order valence-electron chi connectivity index (χ4n) is 2.87. The molecular weight excluding hydrogens is 422 g/mol. The lowest BCUT2D eigenvalue weighted by molar-refractivity contribution is -0.113. The number of sulfonamides is 1. The zero-order valence-corrected chi connectivity index (χ0v) is 17.2. The first kappa shape index (κ1) is 20.0. The lowest BCUT2D eigenvalue weighted by Crippen LogP contribution is -2.20. The van der Waals surface area contributed by atoms with Crippen LogP contribution in [0, 0.1) is 0 Å². The smallest absolute Gasteiger partial charge is 0.261 e. The highest BCUT2D eigenvalue weighted by Crippen LogP contribution is 2.32. The summed E-state index contributed by atoms with van der Waals surface area (Å²) in [7, 11) is -3.73. The number of carbonyl (C=O) groups excluding carboxylic acids is 2. The molecule has 9 heteroatoms. The summed E-state index contributed by atoms with van der Waals surface area (Å²) in [6.45, 7) is 0. The number of hydrogen-bond acceptors (Lipinski definition) is 5. The minimum absolute atomic E-state index is 0.0814. The summed E-state index contributed by atoms with van der Waals surface area (Å²) in [5, 5.41) is 5.48. The minimum atomic E-state index is -3.73. The number of hydrogen-bond donors (Lipinski definition) is 3. The molecule has 152 valence electrons. The van der Waals surface area contributed by atoms with Gasteiger partial charge in [-0.15, -0.1) is 11.8 Å². The van der Waals surface area contributed by atoms with Gasteiger partial charge in [-0.05, 0) is 54.6 Å². The number of fused-ring (bicyclic) bond motifs is 1. The van der Waals surface area contributed by atoms with E-state index >= 15 is 0 Å². The van der Waals surface area contributed by atoms with Crippen molar-refractivity contribution in [3.8, 4) is 0 Å². The van der Waals surface area contributed by atoms with Crippen molar-refractivity contribution in [3.63, 3.8) is 0 Å². The third-order valence-corrected chi connectivity index (χ3v) is 6.79. The van der Waals surface area contributed by atoms with E-state index in [-0.39, 0.29) is 16.7 Å². The van der Waals surface area contributed by atoms with Crippen LogP contribution >= 0.6 is 11.8 Å². The number of thioether (sulfide) groups is 1. The van der Waals surface area contributed by atoms with Crippen LogP contribution in [0.1, 0.15) is 10.4 Å². The Balaban J connectivity index is 1.46. The van der Waals surface area contributed by atoms with Gasteiger partial charge in [0.25, 0.3) is 15.9 Å². The molecule has 3 N–H and O–H groups in total. The first-order valence-electron chi connectivity index (χ1n) is 8.97. The molecule has 4 rings (SSSR count). The molecule has 3 aromatic carbocycles. The highest BCUT2D eigenvalue weighted by molar-refractivity contribution is 8.00. The molecule has 0 atom stereocenters. The van der Waals surface area contributed by atoms with Crippen LogP contribution in [0.5, 0.6) is 0 Å². The SMILES string of the molecule is O=C1CSc2ccc(C(=O)Nc3ccc(S(=O)(=O)Nc4ccccc4)cc3)cc2N1. The number of para-hydroxylation sites is 1. The quantitative estimate of drug-likeness (QED) is 0.561. The second kappa shape index (κ2) is 8.21. The Labute approximate surface area is 177 Å². The van der Waals surface area contributed by atoms with Gasteiger partial charge in [0.05, 0.1) is 16.3 Å². The van der Waals surface area contributed by atoms with E-state index in [9.17, 15) is 18.0 Å². The van der Waals surface area contributed by atoms with E-state index < -0.39 is 10.0 Å². The maximum atomic E-state index is 12.5. The Morgan fingerprint density at radius 2 is 1.67 bits per heavy atom. The van der Waals surface area contributed by atoms with E-state index in [0.29, 0.717) is 28.4 Å². The van der Waals surface area contributed by atoms with E-state index in [4.69, 9.17) is 0 Å². The van der Waals surface area contributed by atoms with Crippen molar-refractivity contribution in [1.29, 1.82) is 0 Å². The van der Waals surface area contributed by atoms with Crippen LogP contribution in [0.4, 0.5) is 17.1 Å². The zero-order valence-electron chi connectivity index (χ0n) is 15.6. The average molecular weight is 440 g/mol. The Morgan fingerprint density at radius 3 is 2.40 bits per heavy atom. The third-order valence-electron chi connectivity index (χ3n) is 4.32. The summed E-state index contributed by atoms with van der Waals surface area (Å²) < 4.78 is 27.5. The zero-order chi connectivity index (χ0) is 21.1. The molecule has 0 saturated carbocycles. The van der Waals surface area contributed by atoms with E-state index in [1.165, 1.54) is 36.0 Å². The molecule has 2 amide bonds. The number of anilines is 3. The largest absolute Gasteiger partial charge is 0.324 e. The predicted octanol–water partition coefficient (Wildman–Crippen LogP) is 3.78. The molecule has 0 aliphatic carbocycles. The van der Waals surface area contributed by atoms with Crippen molar-refractivity contribution >= 4 is 50.7 Å². The molecule has 1 aliphatic rings. The highest BCUT2D eigenvalue weighted by Gasteiger charge is 2.18. The van der Waals surface area contributed by atoms with Gasteiger partial charge in [-0.1, -0.05) is 18.2 Å². The average Bonchev–Trinajstić information content (AvgIpc) is 2.74. The summed E-state index contributed by atoms with van der Waals surface area (Å²) in [4.78, 5) is 25.1. The molecule has 30 heavy (non-hydrogen) atoms. The monoisotopic (exact) mass is 439 g/mol. The van der Waals surface area contributed by atoms with E-state index in [0.717, 1.165) is 4.90 Å². The van der Waals surface area contributed by atoms with Crippen molar-refractivity contribution in [2.45, 2.75) is 9.79 Å². The Hall–Kier alpha value is -3.30. The van der Waals surface area contributed by atoms with Gasteiger partial charge in [0.2, 0.25) is 5.91 Å². The van der Waals surface area contributed by atoms with Crippen LogP contribution in [0.3, 0.4) is 0 Å². The van der Waals surface area contributed by atoms with E-state index in [2.05, 4.69) is 15.4 Å². The van der Waals surface area contributed by atoms with Crippen molar-refractivity contribution in [3.05, 3.63) is 78.4 Å². The number of amides is 2. The Bertz CT molecular complexity index is 1210. The number of benzene rings is 3. The maximum Gasteiger partial charge on any atom is 0.261 e. The van der Waals surface area contributed by atoms with Gasteiger partial charge in [-0.2, -0.15) is 0 Å². The number of carbonyl (C=O) groups is 2. The molecule has 0 aromatic heterocycles. The van der Waals surface area contributed by atoms with Crippen LogP contribution in [0.2, 0.25) is 0 Å². The van der Waals surface area contributed by atoms with Crippen molar-refractivity contribution in [2.75, 3.05) is 21.1 Å². The molecule has 0 saturated heterocycles. The third kappa shape index (κ3) is 4.47. The van der Waals surface area contributed by atoms with Crippen LogP contribution in [-0.2, 0) is 14.8 Å². The molecule has 0 spiro atoms. The van der Waals surface area contributed by atoms with Gasteiger partial charge in [0.15, 0.2) is 0 Å². The first-order chi connectivity index (χ1) is 14.4. The predicted molar refractivity (Wildman–Crippen MR) is 117 cm³/mol. The fourth-order valence-corrected chi connectivity index (χ4v) is 4.71. The molecule has 1 aliphatic heterocycles. The molecule has 3 aromatic rings. The second-order valence-electron chi connectivity index (χ2n) is 6.50. The minimum Gasteiger partial charge on any atom is -0.324 e. The summed E-state index contributed by atoms with van der Waals surface area (Å²) in [5.74, 6) is -0.112. The molecule has 7 nitrogen and oxygen atoms in total. The van der Waals surface area contributed by atoms with Gasteiger partial charge < -0.3 is 10.6 Å². The highest BCUT2D eigenvalue weighted by atomic mass is 32.2. The number of rotatable bonds is 5. The summed E-state index contributed by atoms with van der Waals surface area (Å²) in [6.07, 6.45) is 0. The molecule has 0 unspecified atom stereocenters. The van der Waals surface area contributed by atoms with Gasteiger partial charge >= 0.3 is 0 Å². The van der Waals surface area contributed by atoms with Crippen molar-refractivity contribution < 1.29 is 18.0 Å². The van der Waals surface area contributed by atoms with Crippen LogP contribution in [0.15, 0.2) is 82.6 Å². The van der Waals surface area contributed by atoms with Gasteiger partial charge in [-0.3, -0.25) is 14.3 Å². The standard InChI is InChI=1S/C21H17N3O4S2/c25-20-13-29-19-11-6-14(12-18(19)23-20)21(26)22-15-7-9-17(10-8-15)30(27,28)24-16-4-2-1-3-5-16/h1-12,24H,13H2,(H,22,26)(H,23,25). The molecule has 0 fully saturated rings. The van der Waals surface area contributed by atoms with Crippen molar-refractivity contribution in [2.24, 2.45) is 0 Å².